The number of aromatic amines is 1. The minimum absolute atomic E-state index is 0.195. The standard InChI is InChI=1S/C25H22F4N8O2/c26-21-18(2-1-3-20(21)39-25(27,28)29)24(38)36-10-8-35(9-11-36)14-17(4-6-30)37-13-16(12-34-37)22-19-5-7-31-23(19)33-15-32-22/h1-3,5,7,12-13,15,17H,4,8-11,14H2,(H,31,32,33). The zero-order valence-corrected chi connectivity index (χ0v) is 20.4. The molecule has 1 aromatic carbocycles. The van der Waals surface area contributed by atoms with Crippen molar-refractivity contribution in [1.29, 1.82) is 5.26 Å². The Bertz CT molecular complexity index is 1520. The first-order valence-electron chi connectivity index (χ1n) is 12.0. The Morgan fingerprint density at radius 1 is 1.18 bits per heavy atom. The molecule has 39 heavy (non-hydrogen) atoms. The summed E-state index contributed by atoms with van der Waals surface area (Å²) in [6.07, 6.45) is 1.87. The molecule has 0 saturated carbocycles. The second kappa shape index (κ2) is 10.7. The number of carbonyl (C=O) groups is 1. The third kappa shape index (κ3) is 5.68. The number of benzene rings is 1. The highest BCUT2D eigenvalue weighted by Gasteiger charge is 2.34. The molecule has 5 rings (SSSR count). The number of nitrogens with one attached hydrogen (secondary N) is 1. The highest BCUT2D eigenvalue weighted by Crippen LogP contribution is 2.29. The number of amides is 1. The zero-order valence-electron chi connectivity index (χ0n) is 20.4. The van der Waals surface area contributed by atoms with Gasteiger partial charge >= 0.3 is 6.36 Å². The van der Waals surface area contributed by atoms with Gasteiger partial charge in [-0.2, -0.15) is 10.4 Å². The van der Waals surface area contributed by atoms with Crippen LogP contribution in [0.15, 0.2) is 49.2 Å². The maximum Gasteiger partial charge on any atom is 0.573 e. The second-order valence-corrected chi connectivity index (χ2v) is 8.95. The van der Waals surface area contributed by atoms with E-state index in [0.717, 1.165) is 29.1 Å². The molecule has 14 heteroatoms. The first kappa shape index (κ1) is 26.1. The molecule has 1 fully saturated rings. The van der Waals surface area contributed by atoms with Gasteiger partial charge in [0.25, 0.3) is 5.91 Å². The molecule has 0 aliphatic carbocycles. The summed E-state index contributed by atoms with van der Waals surface area (Å²) in [5.74, 6) is -3.12. The molecular formula is C25H22F4N8O2. The number of alkyl halides is 3. The Labute approximate surface area is 219 Å². The molecule has 1 aliphatic heterocycles. The smallest absolute Gasteiger partial charge is 0.403 e. The Balaban J connectivity index is 1.24. The number of halogens is 4. The van der Waals surface area contributed by atoms with Crippen molar-refractivity contribution >= 4 is 16.9 Å². The van der Waals surface area contributed by atoms with Gasteiger partial charge in [-0.15, -0.1) is 13.2 Å². The van der Waals surface area contributed by atoms with Crippen molar-refractivity contribution in [1.82, 2.24) is 34.5 Å². The second-order valence-electron chi connectivity index (χ2n) is 8.95. The summed E-state index contributed by atoms with van der Waals surface area (Å²) in [5, 5.41) is 14.7. The molecule has 1 N–H and O–H groups in total. The number of ether oxygens (including phenoxy) is 1. The molecule has 0 bridgehead atoms. The van der Waals surface area contributed by atoms with Crippen molar-refractivity contribution in [2.24, 2.45) is 0 Å². The molecule has 3 aromatic heterocycles. The summed E-state index contributed by atoms with van der Waals surface area (Å²) in [6.45, 7) is 1.80. The SMILES string of the molecule is N#CCC(CN1CCN(C(=O)c2cccc(OC(F)(F)F)c2F)CC1)n1cc(-c2ncnc3[nH]ccc23)cn1. The molecular weight excluding hydrogens is 520 g/mol. The molecule has 0 radical (unpaired) electrons. The number of hydrogen-bond acceptors (Lipinski definition) is 7. The summed E-state index contributed by atoms with van der Waals surface area (Å²) in [4.78, 5) is 27.9. The van der Waals surface area contributed by atoms with Crippen LogP contribution < -0.4 is 4.74 Å². The fourth-order valence-electron chi connectivity index (χ4n) is 4.59. The maximum atomic E-state index is 14.6. The van der Waals surface area contributed by atoms with E-state index in [0.29, 0.717) is 31.0 Å². The first-order valence-corrected chi connectivity index (χ1v) is 12.0. The normalized spacial score (nSPS) is 15.3. The van der Waals surface area contributed by atoms with E-state index in [2.05, 4.69) is 35.8 Å². The highest BCUT2D eigenvalue weighted by atomic mass is 19.4. The number of rotatable bonds is 7. The molecule has 4 heterocycles. The topological polar surface area (TPSA) is 116 Å². The van der Waals surface area contributed by atoms with E-state index < -0.39 is 29.4 Å². The van der Waals surface area contributed by atoms with Crippen LogP contribution in [0.3, 0.4) is 0 Å². The quantitative estimate of drug-likeness (QED) is 0.354. The fourth-order valence-corrected chi connectivity index (χ4v) is 4.59. The lowest BCUT2D eigenvalue weighted by atomic mass is 10.1. The highest BCUT2D eigenvalue weighted by molar-refractivity contribution is 5.95. The van der Waals surface area contributed by atoms with Gasteiger partial charge in [0.2, 0.25) is 0 Å². The molecule has 1 aliphatic rings. The molecule has 10 nitrogen and oxygen atoms in total. The van der Waals surface area contributed by atoms with Gasteiger partial charge in [-0.25, -0.2) is 14.4 Å². The first-order chi connectivity index (χ1) is 18.7. The summed E-state index contributed by atoms with van der Waals surface area (Å²) < 4.78 is 57.6. The van der Waals surface area contributed by atoms with Gasteiger partial charge in [0, 0.05) is 56.1 Å². The van der Waals surface area contributed by atoms with Gasteiger partial charge in [0.05, 0.1) is 36.0 Å². The molecule has 1 atom stereocenters. The van der Waals surface area contributed by atoms with Crippen LogP contribution >= 0.6 is 0 Å². The van der Waals surface area contributed by atoms with E-state index in [-0.39, 0.29) is 25.6 Å². The third-order valence-corrected chi connectivity index (χ3v) is 6.48. The van der Waals surface area contributed by atoms with Gasteiger partial charge in [-0.05, 0) is 18.2 Å². The lowest BCUT2D eigenvalue weighted by Gasteiger charge is -2.36. The largest absolute Gasteiger partial charge is 0.573 e. The van der Waals surface area contributed by atoms with Crippen molar-refractivity contribution in [3.8, 4) is 23.1 Å². The molecule has 1 saturated heterocycles. The van der Waals surface area contributed by atoms with Crippen LogP contribution in [-0.2, 0) is 0 Å². The van der Waals surface area contributed by atoms with Crippen LogP contribution in [0.2, 0.25) is 0 Å². The average Bonchev–Trinajstić information content (AvgIpc) is 3.59. The van der Waals surface area contributed by atoms with Crippen molar-refractivity contribution in [2.75, 3.05) is 32.7 Å². The number of nitrogens with zero attached hydrogens (tertiary/aromatic N) is 7. The average molecular weight is 542 g/mol. The predicted octanol–water partition coefficient (Wildman–Crippen LogP) is 3.77. The van der Waals surface area contributed by atoms with E-state index in [1.54, 1.807) is 17.1 Å². The zero-order chi connectivity index (χ0) is 27.6. The number of hydrogen-bond donors (Lipinski definition) is 1. The van der Waals surface area contributed by atoms with Crippen LogP contribution in [0.25, 0.3) is 22.3 Å². The number of H-pyrrole nitrogens is 1. The number of aromatic nitrogens is 5. The molecule has 4 aromatic rings. The summed E-state index contributed by atoms with van der Waals surface area (Å²) in [5.41, 5.74) is 1.71. The molecule has 0 spiro atoms. The van der Waals surface area contributed by atoms with Crippen molar-refractivity contribution in [2.45, 2.75) is 18.8 Å². The summed E-state index contributed by atoms with van der Waals surface area (Å²) >= 11 is 0. The Hall–Kier alpha value is -4.51. The van der Waals surface area contributed by atoms with E-state index in [1.165, 1.54) is 11.2 Å². The van der Waals surface area contributed by atoms with Crippen LogP contribution in [0, 0.1) is 17.1 Å². The van der Waals surface area contributed by atoms with Crippen molar-refractivity contribution in [3.05, 3.63) is 60.6 Å². The van der Waals surface area contributed by atoms with E-state index in [1.807, 2.05) is 12.3 Å². The molecule has 1 unspecified atom stereocenters. The Kier molecular flexibility index (Phi) is 7.16. The van der Waals surface area contributed by atoms with Crippen molar-refractivity contribution in [3.63, 3.8) is 0 Å². The molecule has 202 valence electrons. The number of fused-ring (bicyclic) bond motifs is 1. The number of nitriles is 1. The van der Waals surface area contributed by atoms with Crippen LogP contribution in [0.5, 0.6) is 5.75 Å². The minimum atomic E-state index is -5.08. The third-order valence-electron chi connectivity index (χ3n) is 6.48. The number of carbonyl (C=O) groups excluding carboxylic acids is 1. The lowest BCUT2D eigenvalue weighted by molar-refractivity contribution is -0.275. The van der Waals surface area contributed by atoms with E-state index in [9.17, 15) is 27.6 Å². The maximum absolute atomic E-state index is 14.6. The monoisotopic (exact) mass is 542 g/mol. The molecule has 1 amide bonds. The minimum Gasteiger partial charge on any atom is -0.403 e. The van der Waals surface area contributed by atoms with Crippen LogP contribution in [-0.4, -0.2) is 79.5 Å². The van der Waals surface area contributed by atoms with E-state index >= 15 is 0 Å². The summed E-state index contributed by atoms with van der Waals surface area (Å²) in [7, 11) is 0. The van der Waals surface area contributed by atoms with Crippen LogP contribution in [0.1, 0.15) is 22.8 Å². The van der Waals surface area contributed by atoms with Crippen molar-refractivity contribution < 1.29 is 27.1 Å². The lowest BCUT2D eigenvalue weighted by Crippen LogP contribution is -2.50. The summed E-state index contributed by atoms with van der Waals surface area (Å²) in [6, 6.07) is 6.88. The van der Waals surface area contributed by atoms with Gasteiger partial charge in [0.15, 0.2) is 11.6 Å². The van der Waals surface area contributed by atoms with Gasteiger partial charge in [-0.3, -0.25) is 14.4 Å². The number of piperazine rings is 1. The van der Waals surface area contributed by atoms with Crippen LogP contribution in [0.4, 0.5) is 17.6 Å². The van der Waals surface area contributed by atoms with Gasteiger partial charge < -0.3 is 14.6 Å². The Morgan fingerprint density at radius 3 is 2.72 bits per heavy atom. The fraction of sp³-hybridized carbons (Fsp3) is 0.320. The Morgan fingerprint density at radius 2 is 1.97 bits per heavy atom. The van der Waals surface area contributed by atoms with Gasteiger partial charge in [-0.1, -0.05) is 6.07 Å². The predicted molar refractivity (Wildman–Crippen MR) is 130 cm³/mol. The van der Waals surface area contributed by atoms with Gasteiger partial charge in [0.1, 0.15) is 12.0 Å². The van der Waals surface area contributed by atoms with E-state index in [4.69, 9.17) is 0 Å².